The third-order valence-corrected chi connectivity index (χ3v) is 4.96. The summed E-state index contributed by atoms with van der Waals surface area (Å²) in [6.45, 7) is 13.2. The Hall–Kier alpha value is -0.710. The lowest BCUT2D eigenvalue weighted by Gasteiger charge is -2.39. The second kappa shape index (κ2) is 2.89. The third kappa shape index (κ3) is 1.15. The molecule has 1 aliphatic carbocycles. The molecule has 0 aliphatic heterocycles. The van der Waals surface area contributed by atoms with Crippen LogP contribution < -0.4 is 0 Å². The van der Waals surface area contributed by atoms with Crippen molar-refractivity contribution in [3.8, 4) is 6.07 Å². The maximum absolute atomic E-state index is 10.5. The fourth-order valence-corrected chi connectivity index (χ4v) is 2.98. The summed E-state index contributed by atoms with van der Waals surface area (Å²) in [5, 5.41) is 13.4. The second-order valence-electron chi connectivity index (χ2n) is 6.04. The quantitative estimate of drug-likeness (QED) is 0.538. The molecule has 0 N–H and O–H groups in total. The molecule has 1 aliphatic rings. The molecule has 0 saturated heterocycles. The van der Waals surface area contributed by atoms with Crippen molar-refractivity contribution in [3.63, 3.8) is 0 Å². The van der Waals surface area contributed by atoms with E-state index in [4.69, 9.17) is 0 Å². The Labute approximate surface area is 87.1 Å². The number of rotatable bonds is 0. The van der Waals surface area contributed by atoms with E-state index in [-0.39, 0.29) is 16.2 Å². The zero-order valence-corrected chi connectivity index (χ0v) is 10.1. The van der Waals surface area contributed by atoms with E-state index in [1.165, 1.54) is 0 Å². The van der Waals surface area contributed by atoms with E-state index in [9.17, 15) is 5.21 Å². The maximum Gasteiger partial charge on any atom is 0.306 e. The van der Waals surface area contributed by atoms with Crippen molar-refractivity contribution < 1.29 is 0 Å². The molecule has 1 rings (SSSR count). The normalized spacial score (nSPS) is 38.9. The summed E-state index contributed by atoms with van der Waals surface area (Å²) in [7, 11) is 0. The SMILES string of the molecule is CC1CC(C)(C)C(C)(C#[N+][O-])C1(C)C. The van der Waals surface area contributed by atoms with E-state index >= 15 is 0 Å². The Kier molecular flexibility index (Phi) is 2.34. The molecule has 0 amide bonds. The van der Waals surface area contributed by atoms with Gasteiger partial charge in [-0.3, -0.25) is 0 Å². The van der Waals surface area contributed by atoms with Gasteiger partial charge in [-0.1, -0.05) is 34.6 Å². The lowest BCUT2D eigenvalue weighted by atomic mass is 9.60. The molecule has 0 spiro atoms. The molecule has 80 valence electrons. The molecule has 1 fully saturated rings. The van der Waals surface area contributed by atoms with Gasteiger partial charge in [-0.05, 0) is 30.1 Å². The summed E-state index contributed by atoms with van der Waals surface area (Å²) in [5.41, 5.74) is -0.0323. The van der Waals surface area contributed by atoms with Crippen LogP contribution in [0.3, 0.4) is 0 Å². The van der Waals surface area contributed by atoms with E-state index in [0.29, 0.717) is 5.92 Å². The van der Waals surface area contributed by atoms with Gasteiger partial charge in [0.1, 0.15) is 5.41 Å². The standard InChI is InChI=1S/C12H21NO/c1-9-7-10(2,3)12(6,8-13-14)11(9,4)5/h9H,7H2,1-6H3. The largest absolute Gasteiger partial charge is 0.498 e. The van der Waals surface area contributed by atoms with Crippen LogP contribution in [0.1, 0.15) is 48.0 Å². The minimum absolute atomic E-state index is 0.0877. The van der Waals surface area contributed by atoms with E-state index in [1.807, 2.05) is 0 Å². The summed E-state index contributed by atoms with van der Waals surface area (Å²) in [4.78, 5) is 0. The highest BCUT2D eigenvalue weighted by atomic mass is 16.4. The molecular weight excluding hydrogens is 174 g/mol. The molecule has 1 saturated carbocycles. The average molecular weight is 195 g/mol. The molecule has 0 aromatic heterocycles. The summed E-state index contributed by atoms with van der Waals surface area (Å²) >= 11 is 0. The molecule has 2 unspecified atom stereocenters. The number of nitrogens with zero attached hydrogens (tertiary/aromatic N) is 1. The lowest BCUT2D eigenvalue weighted by Crippen LogP contribution is -2.39. The van der Waals surface area contributed by atoms with Gasteiger partial charge in [0.25, 0.3) is 0 Å². The van der Waals surface area contributed by atoms with Gasteiger partial charge in [0.2, 0.25) is 0 Å². The van der Waals surface area contributed by atoms with Crippen molar-refractivity contribution in [2.24, 2.45) is 22.2 Å². The number of hydrogen-bond acceptors (Lipinski definition) is 1. The molecule has 2 atom stereocenters. The first-order chi connectivity index (χ1) is 6.19. The molecular formula is C12H21NO. The molecule has 0 heterocycles. The topological polar surface area (TPSA) is 27.4 Å². The van der Waals surface area contributed by atoms with Gasteiger partial charge < -0.3 is 5.21 Å². The molecule has 2 heteroatoms. The third-order valence-electron chi connectivity index (χ3n) is 4.96. The van der Waals surface area contributed by atoms with Crippen molar-refractivity contribution in [3.05, 3.63) is 10.2 Å². The van der Waals surface area contributed by atoms with Gasteiger partial charge in [-0.25, -0.2) is 0 Å². The zero-order chi connectivity index (χ0) is 11.2. The minimum atomic E-state index is -0.221. The van der Waals surface area contributed by atoms with Crippen LogP contribution in [-0.2, 0) is 0 Å². The van der Waals surface area contributed by atoms with Crippen molar-refractivity contribution in [1.29, 1.82) is 0 Å². The van der Waals surface area contributed by atoms with Crippen LogP contribution in [0.15, 0.2) is 0 Å². The Morgan fingerprint density at radius 1 is 1.21 bits per heavy atom. The van der Waals surface area contributed by atoms with Crippen LogP contribution >= 0.6 is 0 Å². The van der Waals surface area contributed by atoms with Gasteiger partial charge in [0.15, 0.2) is 0 Å². The van der Waals surface area contributed by atoms with Crippen molar-refractivity contribution in [2.45, 2.75) is 48.0 Å². The first-order valence-corrected chi connectivity index (χ1v) is 5.28. The summed E-state index contributed by atoms with van der Waals surface area (Å²) < 4.78 is 0. The smallest absolute Gasteiger partial charge is 0.306 e. The van der Waals surface area contributed by atoms with E-state index in [1.54, 1.807) is 0 Å². The van der Waals surface area contributed by atoms with Crippen LogP contribution in [0.25, 0.3) is 5.01 Å². The van der Waals surface area contributed by atoms with Gasteiger partial charge in [-0.2, -0.15) is 0 Å². The zero-order valence-electron chi connectivity index (χ0n) is 10.1. The molecule has 0 radical (unpaired) electrons. The highest BCUT2D eigenvalue weighted by Gasteiger charge is 2.63. The molecule has 14 heavy (non-hydrogen) atoms. The highest BCUT2D eigenvalue weighted by molar-refractivity contribution is 5.21. The summed E-state index contributed by atoms with van der Waals surface area (Å²) in [6, 6.07) is 2.80. The Morgan fingerprint density at radius 2 is 1.71 bits per heavy atom. The molecule has 0 aromatic rings. The van der Waals surface area contributed by atoms with Crippen LogP contribution in [0.5, 0.6) is 0 Å². The predicted octanol–water partition coefficient (Wildman–Crippen LogP) is 3.92. The minimum Gasteiger partial charge on any atom is -0.498 e. The summed E-state index contributed by atoms with van der Waals surface area (Å²) in [6.07, 6.45) is 1.12. The molecule has 0 bridgehead atoms. The van der Waals surface area contributed by atoms with Crippen LogP contribution in [0.4, 0.5) is 0 Å². The van der Waals surface area contributed by atoms with Crippen molar-refractivity contribution in [1.82, 2.24) is 0 Å². The monoisotopic (exact) mass is 195 g/mol. The van der Waals surface area contributed by atoms with Crippen LogP contribution in [0.2, 0.25) is 0 Å². The van der Waals surface area contributed by atoms with E-state index in [2.05, 4.69) is 52.6 Å². The Bertz CT molecular complexity index is 295. The number of hydrogen-bond donors (Lipinski definition) is 0. The predicted molar refractivity (Wildman–Crippen MR) is 60.1 cm³/mol. The highest BCUT2D eigenvalue weighted by Crippen LogP contribution is 2.64. The Morgan fingerprint density at radius 3 is 2.00 bits per heavy atom. The lowest BCUT2D eigenvalue weighted by molar-refractivity contribution is 0.0832. The summed E-state index contributed by atoms with van der Waals surface area (Å²) in [5.74, 6) is 0.594. The molecule has 2 nitrogen and oxygen atoms in total. The van der Waals surface area contributed by atoms with Gasteiger partial charge >= 0.3 is 6.07 Å². The molecule has 0 aromatic carbocycles. The van der Waals surface area contributed by atoms with E-state index in [0.717, 1.165) is 6.42 Å². The van der Waals surface area contributed by atoms with E-state index < -0.39 is 0 Å². The van der Waals surface area contributed by atoms with Gasteiger partial charge in [-0.15, -0.1) is 0 Å². The second-order valence-corrected chi connectivity index (χ2v) is 6.04. The van der Waals surface area contributed by atoms with Gasteiger partial charge in [0, 0.05) is 5.01 Å². The average Bonchev–Trinajstić information content (AvgIpc) is 2.12. The Balaban J connectivity index is 3.28. The van der Waals surface area contributed by atoms with Crippen LogP contribution in [-0.4, -0.2) is 0 Å². The fraction of sp³-hybridized carbons (Fsp3) is 0.917. The maximum atomic E-state index is 10.5. The van der Waals surface area contributed by atoms with Crippen LogP contribution in [0, 0.1) is 33.4 Å². The van der Waals surface area contributed by atoms with Crippen molar-refractivity contribution >= 4 is 0 Å². The first-order valence-electron chi connectivity index (χ1n) is 5.28. The fourth-order valence-electron chi connectivity index (χ4n) is 2.98. The first kappa shape index (κ1) is 11.4. The van der Waals surface area contributed by atoms with Crippen molar-refractivity contribution in [2.75, 3.05) is 0 Å². The van der Waals surface area contributed by atoms with Gasteiger partial charge in [0.05, 0.1) is 0 Å².